The van der Waals surface area contributed by atoms with Gasteiger partial charge in [0.25, 0.3) is 0 Å². The number of alkyl halides is 1. The molecule has 1 fully saturated rings. The molecule has 15 heavy (non-hydrogen) atoms. The van der Waals surface area contributed by atoms with Crippen LogP contribution in [0, 0.1) is 11.7 Å². The summed E-state index contributed by atoms with van der Waals surface area (Å²) in [6, 6.07) is 6.89. The molecule has 0 spiro atoms. The van der Waals surface area contributed by atoms with E-state index in [4.69, 9.17) is 11.6 Å². The van der Waals surface area contributed by atoms with Gasteiger partial charge in [-0.25, -0.2) is 4.39 Å². The van der Waals surface area contributed by atoms with E-state index < -0.39 is 0 Å². The van der Waals surface area contributed by atoms with Crippen molar-refractivity contribution in [3.05, 3.63) is 35.6 Å². The maximum Gasteiger partial charge on any atom is 0.123 e. The average Bonchev–Trinajstić information content (AvgIpc) is 2.72. The van der Waals surface area contributed by atoms with Gasteiger partial charge in [-0.05, 0) is 36.5 Å². The van der Waals surface area contributed by atoms with E-state index in [1.165, 1.54) is 31.7 Å². The zero-order valence-electron chi connectivity index (χ0n) is 8.76. The molecule has 1 atom stereocenters. The van der Waals surface area contributed by atoms with Gasteiger partial charge in [-0.2, -0.15) is 0 Å². The molecular weight excluding hydrogens is 211 g/mol. The normalized spacial score (nSPS) is 19.3. The van der Waals surface area contributed by atoms with Crippen molar-refractivity contribution in [3.63, 3.8) is 0 Å². The highest BCUT2D eigenvalue weighted by Gasteiger charge is 2.25. The fraction of sp³-hybridized carbons (Fsp3) is 0.538. The van der Waals surface area contributed by atoms with Crippen LogP contribution in [0.5, 0.6) is 0 Å². The molecule has 1 unspecified atom stereocenters. The van der Waals surface area contributed by atoms with Crippen LogP contribution >= 0.6 is 11.6 Å². The van der Waals surface area contributed by atoms with E-state index in [2.05, 4.69) is 0 Å². The molecule has 1 aromatic rings. The van der Waals surface area contributed by atoms with E-state index in [1.54, 1.807) is 12.1 Å². The Kier molecular flexibility index (Phi) is 3.63. The van der Waals surface area contributed by atoms with Gasteiger partial charge in [0.15, 0.2) is 0 Å². The van der Waals surface area contributed by atoms with Crippen molar-refractivity contribution in [3.8, 4) is 0 Å². The fourth-order valence-electron chi connectivity index (χ4n) is 2.58. The van der Waals surface area contributed by atoms with Crippen LogP contribution in [0.15, 0.2) is 24.3 Å². The van der Waals surface area contributed by atoms with Crippen molar-refractivity contribution in [1.82, 2.24) is 0 Å². The predicted octanol–water partition coefficient (Wildman–Crippen LogP) is 4.34. The maximum atomic E-state index is 13.1. The molecular formula is C13H16ClF. The quantitative estimate of drug-likeness (QED) is 0.673. The zero-order valence-corrected chi connectivity index (χ0v) is 9.51. The Morgan fingerprint density at radius 3 is 2.67 bits per heavy atom. The van der Waals surface area contributed by atoms with Gasteiger partial charge in [0.2, 0.25) is 0 Å². The van der Waals surface area contributed by atoms with Gasteiger partial charge in [-0.15, -0.1) is 11.6 Å². The average molecular weight is 227 g/mol. The minimum atomic E-state index is -0.152. The van der Waals surface area contributed by atoms with E-state index in [9.17, 15) is 4.39 Å². The van der Waals surface area contributed by atoms with Gasteiger partial charge in [0.05, 0.1) is 0 Å². The summed E-state index contributed by atoms with van der Waals surface area (Å²) < 4.78 is 13.1. The highest BCUT2D eigenvalue weighted by atomic mass is 35.5. The summed E-state index contributed by atoms with van der Waals surface area (Å²) in [5, 5.41) is 0. The highest BCUT2D eigenvalue weighted by Crippen LogP contribution is 2.38. The smallest absolute Gasteiger partial charge is 0.123 e. The first-order valence-electron chi connectivity index (χ1n) is 5.62. The molecule has 0 aliphatic heterocycles. The summed E-state index contributed by atoms with van der Waals surface area (Å²) in [5.74, 6) is 1.45. The molecule has 0 radical (unpaired) electrons. The van der Waals surface area contributed by atoms with Crippen LogP contribution in [0.3, 0.4) is 0 Å². The summed E-state index contributed by atoms with van der Waals surface area (Å²) in [4.78, 5) is 0. The standard InChI is InChI=1S/C13H16ClF/c14-9-13(10-4-1-2-5-10)11-6-3-7-12(15)8-11/h3,6-8,10,13H,1-2,4-5,9H2. The van der Waals surface area contributed by atoms with Crippen LogP contribution in [0.2, 0.25) is 0 Å². The Balaban J connectivity index is 2.18. The van der Waals surface area contributed by atoms with Crippen molar-refractivity contribution in [2.24, 2.45) is 5.92 Å². The molecule has 0 amide bonds. The van der Waals surface area contributed by atoms with Crippen molar-refractivity contribution >= 4 is 11.6 Å². The summed E-state index contributed by atoms with van der Waals surface area (Å²) in [6.07, 6.45) is 5.09. The number of benzene rings is 1. The summed E-state index contributed by atoms with van der Waals surface area (Å²) >= 11 is 6.01. The molecule has 1 aliphatic rings. The number of rotatable bonds is 3. The first-order chi connectivity index (χ1) is 7.31. The molecule has 1 saturated carbocycles. The minimum Gasteiger partial charge on any atom is -0.207 e. The van der Waals surface area contributed by atoms with E-state index in [1.807, 2.05) is 6.07 Å². The van der Waals surface area contributed by atoms with Crippen LogP contribution < -0.4 is 0 Å². The van der Waals surface area contributed by atoms with Gasteiger partial charge in [-0.3, -0.25) is 0 Å². The Hall–Kier alpha value is -0.560. The molecule has 2 rings (SSSR count). The van der Waals surface area contributed by atoms with Crippen molar-refractivity contribution < 1.29 is 4.39 Å². The number of halogens is 2. The molecule has 0 aromatic heterocycles. The van der Waals surface area contributed by atoms with Crippen LogP contribution in [0.1, 0.15) is 37.2 Å². The van der Waals surface area contributed by atoms with E-state index in [-0.39, 0.29) is 5.82 Å². The molecule has 0 saturated heterocycles. The third-order valence-corrected chi connectivity index (χ3v) is 3.74. The largest absolute Gasteiger partial charge is 0.207 e. The number of hydrogen-bond acceptors (Lipinski definition) is 0. The van der Waals surface area contributed by atoms with Gasteiger partial charge in [0.1, 0.15) is 5.82 Å². The van der Waals surface area contributed by atoms with Crippen molar-refractivity contribution in [2.75, 3.05) is 5.88 Å². The lowest BCUT2D eigenvalue weighted by Gasteiger charge is -2.21. The van der Waals surface area contributed by atoms with Crippen LogP contribution in [-0.4, -0.2) is 5.88 Å². The van der Waals surface area contributed by atoms with Crippen LogP contribution in [-0.2, 0) is 0 Å². The third kappa shape index (κ3) is 2.52. The monoisotopic (exact) mass is 226 g/mol. The lowest BCUT2D eigenvalue weighted by Crippen LogP contribution is -2.11. The SMILES string of the molecule is Fc1cccc(C(CCl)C2CCCC2)c1. The minimum absolute atomic E-state index is 0.152. The lowest BCUT2D eigenvalue weighted by molar-refractivity contribution is 0.462. The van der Waals surface area contributed by atoms with Gasteiger partial charge in [-0.1, -0.05) is 25.0 Å². The van der Waals surface area contributed by atoms with Crippen LogP contribution in [0.25, 0.3) is 0 Å². The molecule has 0 N–H and O–H groups in total. The van der Waals surface area contributed by atoms with Gasteiger partial charge < -0.3 is 0 Å². The van der Waals surface area contributed by atoms with E-state index >= 15 is 0 Å². The molecule has 0 heterocycles. The molecule has 0 nitrogen and oxygen atoms in total. The Morgan fingerprint density at radius 1 is 1.33 bits per heavy atom. The first kappa shape index (κ1) is 10.9. The summed E-state index contributed by atoms with van der Waals surface area (Å²) in [7, 11) is 0. The predicted molar refractivity (Wildman–Crippen MR) is 61.8 cm³/mol. The Bertz CT molecular complexity index is 318. The maximum absolute atomic E-state index is 13.1. The molecule has 82 valence electrons. The fourth-order valence-corrected chi connectivity index (χ4v) is 3.01. The molecule has 0 bridgehead atoms. The molecule has 1 aliphatic carbocycles. The van der Waals surface area contributed by atoms with Gasteiger partial charge >= 0.3 is 0 Å². The Labute approximate surface area is 95.4 Å². The van der Waals surface area contributed by atoms with E-state index in [0.717, 1.165) is 5.56 Å². The van der Waals surface area contributed by atoms with E-state index in [0.29, 0.717) is 17.7 Å². The second-order valence-electron chi connectivity index (χ2n) is 4.36. The summed E-state index contributed by atoms with van der Waals surface area (Å²) in [6.45, 7) is 0. The van der Waals surface area contributed by atoms with Crippen molar-refractivity contribution in [2.45, 2.75) is 31.6 Å². The summed E-state index contributed by atoms with van der Waals surface area (Å²) in [5.41, 5.74) is 1.07. The van der Waals surface area contributed by atoms with Gasteiger partial charge in [0, 0.05) is 11.8 Å². The zero-order chi connectivity index (χ0) is 10.7. The highest BCUT2D eigenvalue weighted by molar-refractivity contribution is 6.18. The number of hydrogen-bond donors (Lipinski definition) is 0. The molecule has 1 aromatic carbocycles. The van der Waals surface area contributed by atoms with Crippen LogP contribution in [0.4, 0.5) is 4.39 Å². The Morgan fingerprint density at radius 2 is 2.07 bits per heavy atom. The van der Waals surface area contributed by atoms with Crippen molar-refractivity contribution in [1.29, 1.82) is 0 Å². The third-order valence-electron chi connectivity index (χ3n) is 3.41. The second kappa shape index (κ2) is 4.98. The molecule has 2 heteroatoms. The second-order valence-corrected chi connectivity index (χ2v) is 4.67. The lowest BCUT2D eigenvalue weighted by atomic mass is 9.86. The first-order valence-corrected chi connectivity index (χ1v) is 6.16. The topological polar surface area (TPSA) is 0 Å².